The highest BCUT2D eigenvalue weighted by Crippen LogP contribution is 2.46. The molecule has 2 aliphatic carbocycles. The van der Waals surface area contributed by atoms with Crippen molar-refractivity contribution in [2.24, 2.45) is 0 Å². The highest BCUT2D eigenvalue weighted by Gasteiger charge is 2.44. The third-order valence-electron chi connectivity index (χ3n) is 4.43. The number of carbonyl (C=O) groups excluding carboxylic acids is 1. The average Bonchev–Trinajstić information content (AvgIpc) is 2.86. The molecule has 7 nitrogen and oxygen atoms in total. The fourth-order valence-electron chi connectivity index (χ4n) is 2.83. The smallest absolute Gasteiger partial charge is 0.407 e. The van der Waals surface area contributed by atoms with Gasteiger partial charge in [0.1, 0.15) is 5.60 Å². The van der Waals surface area contributed by atoms with Crippen molar-refractivity contribution < 1.29 is 14.1 Å². The molecule has 2 fully saturated rings. The van der Waals surface area contributed by atoms with Crippen LogP contribution in [0, 0.1) is 0 Å². The molecule has 0 unspecified atom stereocenters. The van der Waals surface area contributed by atoms with Gasteiger partial charge >= 0.3 is 6.09 Å². The lowest BCUT2D eigenvalue weighted by Crippen LogP contribution is -2.38. The van der Waals surface area contributed by atoms with Crippen LogP contribution in [0.3, 0.4) is 0 Å². The quantitative estimate of drug-likeness (QED) is 0.886. The summed E-state index contributed by atoms with van der Waals surface area (Å²) in [6.07, 6.45) is 4.58. The molecule has 2 saturated carbocycles. The molecule has 0 aliphatic heterocycles. The van der Waals surface area contributed by atoms with Gasteiger partial charge in [-0.2, -0.15) is 4.98 Å². The van der Waals surface area contributed by atoms with Gasteiger partial charge in [0.05, 0.1) is 0 Å². The number of carbonyl (C=O) groups is 1. The molecule has 2 atom stereocenters. The highest BCUT2D eigenvalue weighted by molar-refractivity contribution is 5.68. The number of rotatable bonds is 4. The molecule has 1 heterocycles. The standard InChI is InChI=1S/C16H26N4O3/c1-15(2,3)22-14(21)18-11-6-5-10(9-11)17-13-19-12(23-20-13)16(4)7-8-16/h10-11H,5-9H2,1-4H3,(H,17,20)(H,18,21)/t10-,11-/m0/s1. The molecular formula is C16H26N4O3. The minimum Gasteiger partial charge on any atom is -0.444 e. The number of hydrogen-bond acceptors (Lipinski definition) is 6. The Labute approximate surface area is 136 Å². The Balaban J connectivity index is 1.46. The van der Waals surface area contributed by atoms with E-state index in [9.17, 15) is 4.79 Å². The second kappa shape index (κ2) is 5.69. The molecule has 2 aliphatic rings. The van der Waals surface area contributed by atoms with E-state index in [1.807, 2.05) is 20.8 Å². The summed E-state index contributed by atoms with van der Waals surface area (Å²) < 4.78 is 10.6. The topological polar surface area (TPSA) is 89.3 Å². The molecular weight excluding hydrogens is 296 g/mol. The summed E-state index contributed by atoms with van der Waals surface area (Å²) in [7, 11) is 0. The summed E-state index contributed by atoms with van der Waals surface area (Å²) in [6, 6.07) is 0.363. The second-order valence-electron chi connectivity index (χ2n) is 7.98. The number of ether oxygens (including phenoxy) is 1. The van der Waals surface area contributed by atoms with Gasteiger partial charge in [-0.15, -0.1) is 0 Å². The first-order chi connectivity index (χ1) is 10.7. The van der Waals surface area contributed by atoms with Crippen molar-refractivity contribution in [3.63, 3.8) is 0 Å². The monoisotopic (exact) mass is 322 g/mol. The summed E-state index contributed by atoms with van der Waals surface area (Å²) in [6.45, 7) is 7.72. The van der Waals surface area contributed by atoms with E-state index in [0.717, 1.165) is 38.0 Å². The van der Waals surface area contributed by atoms with Gasteiger partial charge in [0, 0.05) is 17.5 Å². The zero-order valence-electron chi connectivity index (χ0n) is 14.3. The van der Waals surface area contributed by atoms with Gasteiger partial charge in [0.2, 0.25) is 5.89 Å². The minimum atomic E-state index is -0.472. The fourth-order valence-corrected chi connectivity index (χ4v) is 2.83. The van der Waals surface area contributed by atoms with Crippen LogP contribution in [0.4, 0.5) is 10.7 Å². The number of aromatic nitrogens is 2. The van der Waals surface area contributed by atoms with Gasteiger partial charge in [-0.1, -0.05) is 6.92 Å². The number of amides is 1. The van der Waals surface area contributed by atoms with Crippen LogP contribution in [0.5, 0.6) is 0 Å². The van der Waals surface area contributed by atoms with Gasteiger partial charge in [-0.3, -0.25) is 0 Å². The Bertz CT molecular complexity index is 574. The minimum absolute atomic E-state index is 0.0867. The third kappa shape index (κ3) is 4.14. The van der Waals surface area contributed by atoms with Crippen molar-refractivity contribution in [3.8, 4) is 0 Å². The molecule has 7 heteroatoms. The van der Waals surface area contributed by atoms with Crippen LogP contribution in [0.1, 0.15) is 65.7 Å². The van der Waals surface area contributed by atoms with Crippen LogP contribution >= 0.6 is 0 Å². The zero-order chi connectivity index (χ0) is 16.7. The molecule has 0 aromatic carbocycles. The summed E-state index contributed by atoms with van der Waals surface area (Å²) in [5, 5.41) is 10.2. The predicted octanol–water partition coefficient (Wildman–Crippen LogP) is 2.98. The Morgan fingerprint density at radius 3 is 2.65 bits per heavy atom. The Hall–Kier alpha value is -1.79. The number of anilines is 1. The van der Waals surface area contributed by atoms with Crippen LogP contribution in [0.15, 0.2) is 4.52 Å². The molecule has 2 N–H and O–H groups in total. The van der Waals surface area contributed by atoms with Crippen molar-refractivity contribution in [1.29, 1.82) is 0 Å². The third-order valence-corrected chi connectivity index (χ3v) is 4.43. The maximum atomic E-state index is 11.8. The normalized spacial score (nSPS) is 25.9. The number of nitrogens with zero attached hydrogens (tertiary/aromatic N) is 2. The van der Waals surface area contributed by atoms with Crippen molar-refractivity contribution in [2.75, 3.05) is 5.32 Å². The van der Waals surface area contributed by atoms with Crippen molar-refractivity contribution in [3.05, 3.63) is 5.89 Å². The van der Waals surface area contributed by atoms with Gasteiger partial charge in [0.25, 0.3) is 5.95 Å². The van der Waals surface area contributed by atoms with Crippen molar-refractivity contribution >= 4 is 12.0 Å². The SMILES string of the molecule is CC(C)(C)OC(=O)N[C@H]1CC[C@H](Nc2noc(C3(C)CC3)n2)C1. The van der Waals surface area contributed by atoms with Gasteiger partial charge in [-0.05, 0) is 58.0 Å². The Morgan fingerprint density at radius 1 is 1.30 bits per heavy atom. The van der Waals surface area contributed by atoms with E-state index in [2.05, 4.69) is 27.7 Å². The first kappa shape index (κ1) is 16.1. The lowest BCUT2D eigenvalue weighted by Gasteiger charge is -2.21. The molecule has 0 bridgehead atoms. The molecule has 1 aromatic rings. The van der Waals surface area contributed by atoms with Crippen molar-refractivity contribution in [1.82, 2.24) is 15.5 Å². The summed E-state index contributed by atoms with van der Waals surface area (Å²) in [4.78, 5) is 16.2. The molecule has 3 rings (SSSR count). The summed E-state index contributed by atoms with van der Waals surface area (Å²) in [5.74, 6) is 1.28. The molecule has 1 aromatic heterocycles. The molecule has 128 valence electrons. The van der Waals surface area contributed by atoms with Gasteiger partial charge < -0.3 is 19.9 Å². The zero-order valence-corrected chi connectivity index (χ0v) is 14.3. The van der Waals surface area contributed by atoms with E-state index in [4.69, 9.17) is 9.26 Å². The van der Waals surface area contributed by atoms with E-state index in [1.165, 1.54) is 0 Å². The van der Waals surface area contributed by atoms with Crippen LogP contribution < -0.4 is 10.6 Å². The number of nitrogens with one attached hydrogen (secondary N) is 2. The second-order valence-corrected chi connectivity index (χ2v) is 7.98. The van der Waals surface area contributed by atoms with E-state index in [-0.39, 0.29) is 23.6 Å². The predicted molar refractivity (Wildman–Crippen MR) is 85.3 cm³/mol. The van der Waals surface area contributed by atoms with Gasteiger partial charge in [-0.25, -0.2) is 4.79 Å². The van der Waals surface area contributed by atoms with Crippen LogP contribution in [-0.2, 0) is 10.2 Å². The number of alkyl carbamates (subject to hydrolysis) is 1. The molecule has 0 radical (unpaired) electrons. The van der Waals surface area contributed by atoms with Gasteiger partial charge in [0.15, 0.2) is 0 Å². The highest BCUT2D eigenvalue weighted by atomic mass is 16.6. The Morgan fingerprint density at radius 2 is 2.00 bits per heavy atom. The van der Waals surface area contributed by atoms with Crippen LogP contribution in [0.25, 0.3) is 0 Å². The first-order valence-corrected chi connectivity index (χ1v) is 8.34. The molecule has 0 spiro atoms. The number of hydrogen-bond donors (Lipinski definition) is 2. The maximum absolute atomic E-state index is 11.8. The lowest BCUT2D eigenvalue weighted by molar-refractivity contribution is 0.0505. The van der Waals surface area contributed by atoms with E-state index < -0.39 is 5.60 Å². The Kier molecular flexibility index (Phi) is 3.98. The molecule has 23 heavy (non-hydrogen) atoms. The summed E-state index contributed by atoms with van der Waals surface area (Å²) in [5.41, 5.74) is -0.385. The first-order valence-electron chi connectivity index (χ1n) is 8.34. The van der Waals surface area contributed by atoms with Crippen LogP contribution in [0.2, 0.25) is 0 Å². The average molecular weight is 322 g/mol. The maximum Gasteiger partial charge on any atom is 0.407 e. The van der Waals surface area contributed by atoms with Crippen LogP contribution in [-0.4, -0.2) is 33.9 Å². The largest absolute Gasteiger partial charge is 0.444 e. The molecule has 1 amide bonds. The fraction of sp³-hybridized carbons (Fsp3) is 0.812. The summed E-state index contributed by atoms with van der Waals surface area (Å²) >= 11 is 0. The van der Waals surface area contributed by atoms with E-state index in [0.29, 0.717) is 5.95 Å². The molecule has 0 saturated heterocycles. The lowest BCUT2D eigenvalue weighted by atomic mass is 10.1. The van der Waals surface area contributed by atoms with Crippen molar-refractivity contribution in [2.45, 2.75) is 82.9 Å². The van der Waals surface area contributed by atoms with E-state index in [1.54, 1.807) is 0 Å². The van der Waals surface area contributed by atoms with E-state index >= 15 is 0 Å².